The fourth-order valence-corrected chi connectivity index (χ4v) is 2.02. The monoisotopic (exact) mass is 292 g/mol. The number of hydrogen-bond acceptors (Lipinski definition) is 3. The van der Waals surface area contributed by atoms with Crippen LogP contribution in [0.15, 0.2) is 18.2 Å². The van der Waals surface area contributed by atoms with E-state index in [1.165, 1.54) is 5.56 Å². The first-order chi connectivity index (χ1) is 9.99. The minimum absolute atomic E-state index is 0.0597. The minimum atomic E-state index is -0.479. The van der Waals surface area contributed by atoms with Crippen LogP contribution in [0, 0.1) is 6.92 Å². The third kappa shape index (κ3) is 5.38. The Bertz CT molecular complexity index is 460. The smallest absolute Gasteiger partial charge is 0.260 e. The summed E-state index contributed by atoms with van der Waals surface area (Å²) in [6.07, 6.45) is 1.58. The van der Waals surface area contributed by atoms with Crippen LogP contribution < -0.4 is 15.4 Å². The van der Waals surface area contributed by atoms with Crippen molar-refractivity contribution in [2.24, 2.45) is 0 Å². The van der Waals surface area contributed by atoms with E-state index in [1.54, 1.807) is 6.92 Å². The molecule has 0 aromatic heterocycles. The summed E-state index contributed by atoms with van der Waals surface area (Å²) in [7, 11) is 1.94. The minimum Gasteiger partial charge on any atom is -0.481 e. The summed E-state index contributed by atoms with van der Waals surface area (Å²) in [6.45, 7) is 8.71. The lowest BCUT2D eigenvalue weighted by atomic mass is 10.1. The van der Waals surface area contributed by atoms with Crippen LogP contribution in [0.1, 0.15) is 50.8 Å². The third-order valence-electron chi connectivity index (χ3n) is 3.63. The van der Waals surface area contributed by atoms with Crippen LogP contribution in [0.4, 0.5) is 0 Å². The molecule has 0 radical (unpaired) electrons. The summed E-state index contributed by atoms with van der Waals surface area (Å²) < 4.78 is 5.77. The van der Waals surface area contributed by atoms with Gasteiger partial charge in [-0.05, 0) is 51.4 Å². The zero-order valence-electron chi connectivity index (χ0n) is 13.8. The van der Waals surface area contributed by atoms with Crippen LogP contribution in [0.25, 0.3) is 0 Å². The number of unbranched alkanes of at least 4 members (excludes halogenated alkanes) is 1. The van der Waals surface area contributed by atoms with Gasteiger partial charge in [0.2, 0.25) is 0 Å². The van der Waals surface area contributed by atoms with Gasteiger partial charge in [0.25, 0.3) is 5.91 Å². The Hall–Kier alpha value is -1.55. The third-order valence-corrected chi connectivity index (χ3v) is 3.63. The molecule has 0 spiro atoms. The van der Waals surface area contributed by atoms with Gasteiger partial charge in [-0.3, -0.25) is 4.79 Å². The van der Waals surface area contributed by atoms with E-state index >= 15 is 0 Å². The molecule has 1 amide bonds. The zero-order valence-corrected chi connectivity index (χ0v) is 13.8. The number of benzene rings is 1. The highest BCUT2D eigenvalue weighted by Crippen LogP contribution is 2.23. The highest BCUT2D eigenvalue weighted by Gasteiger charge is 2.15. The normalized spacial score (nSPS) is 13.6. The molecule has 0 saturated carbocycles. The van der Waals surface area contributed by atoms with Crippen LogP contribution in [0.5, 0.6) is 5.75 Å². The van der Waals surface area contributed by atoms with Gasteiger partial charge >= 0.3 is 0 Å². The van der Waals surface area contributed by atoms with Crippen molar-refractivity contribution in [2.75, 3.05) is 13.6 Å². The molecule has 1 aromatic rings. The molecule has 4 heteroatoms. The summed E-state index contributed by atoms with van der Waals surface area (Å²) in [5.74, 6) is 0.704. The van der Waals surface area contributed by atoms with Crippen LogP contribution in [-0.2, 0) is 4.79 Å². The Morgan fingerprint density at radius 2 is 2.05 bits per heavy atom. The highest BCUT2D eigenvalue weighted by molar-refractivity contribution is 5.80. The van der Waals surface area contributed by atoms with Crippen molar-refractivity contribution in [3.05, 3.63) is 29.3 Å². The average Bonchev–Trinajstić information content (AvgIpc) is 2.48. The summed E-state index contributed by atoms with van der Waals surface area (Å²) in [6, 6.07) is 6.37. The van der Waals surface area contributed by atoms with E-state index < -0.39 is 6.10 Å². The first-order valence-corrected chi connectivity index (χ1v) is 7.71. The lowest BCUT2D eigenvalue weighted by Gasteiger charge is -2.18. The topological polar surface area (TPSA) is 50.4 Å². The molecule has 1 aromatic carbocycles. The van der Waals surface area contributed by atoms with E-state index in [0.29, 0.717) is 12.6 Å². The quantitative estimate of drug-likeness (QED) is 0.724. The van der Waals surface area contributed by atoms with Crippen molar-refractivity contribution >= 4 is 5.91 Å². The van der Waals surface area contributed by atoms with Crippen molar-refractivity contribution in [1.29, 1.82) is 0 Å². The number of ether oxygens (including phenoxy) is 1. The second-order valence-corrected chi connectivity index (χ2v) is 5.44. The Morgan fingerprint density at radius 3 is 2.62 bits per heavy atom. The van der Waals surface area contributed by atoms with Gasteiger partial charge in [0.05, 0.1) is 0 Å². The molecule has 2 unspecified atom stereocenters. The maximum Gasteiger partial charge on any atom is 0.260 e. The molecule has 2 N–H and O–H groups in total. The van der Waals surface area contributed by atoms with E-state index in [9.17, 15) is 4.79 Å². The second-order valence-electron chi connectivity index (χ2n) is 5.44. The standard InChI is InChI=1S/C17H28N2O2/c1-6-7-10-19-17(20)14(4)21-16-9-8-15(11-12(16)2)13(3)18-5/h8-9,11,13-14,18H,6-7,10H2,1-5H3,(H,19,20). The molecule has 118 valence electrons. The summed E-state index contributed by atoms with van der Waals surface area (Å²) in [4.78, 5) is 11.9. The van der Waals surface area contributed by atoms with Crippen molar-refractivity contribution in [3.8, 4) is 5.75 Å². The number of nitrogens with one attached hydrogen (secondary N) is 2. The molecule has 0 aliphatic carbocycles. The number of amides is 1. The number of hydrogen-bond donors (Lipinski definition) is 2. The first-order valence-electron chi connectivity index (χ1n) is 7.71. The molecule has 4 nitrogen and oxygen atoms in total. The molecular formula is C17H28N2O2. The maximum atomic E-state index is 11.9. The van der Waals surface area contributed by atoms with Crippen molar-refractivity contribution in [2.45, 2.75) is 52.7 Å². The predicted octanol–water partition coefficient (Wildman–Crippen LogP) is 2.96. The summed E-state index contributed by atoms with van der Waals surface area (Å²) >= 11 is 0. The lowest BCUT2D eigenvalue weighted by Crippen LogP contribution is -2.36. The van der Waals surface area contributed by atoms with E-state index in [1.807, 2.05) is 26.1 Å². The van der Waals surface area contributed by atoms with Gasteiger partial charge in [-0.25, -0.2) is 0 Å². The number of carbonyl (C=O) groups excluding carboxylic acids is 1. The van der Waals surface area contributed by atoms with Crippen molar-refractivity contribution in [1.82, 2.24) is 10.6 Å². The predicted molar refractivity (Wildman–Crippen MR) is 86.7 cm³/mol. The molecule has 1 rings (SSSR count). The molecular weight excluding hydrogens is 264 g/mol. The van der Waals surface area contributed by atoms with Crippen LogP contribution in [0.3, 0.4) is 0 Å². The van der Waals surface area contributed by atoms with Gasteiger partial charge in [-0.1, -0.05) is 25.5 Å². The molecule has 0 bridgehead atoms. The zero-order chi connectivity index (χ0) is 15.8. The molecule has 0 heterocycles. The molecule has 0 saturated heterocycles. The van der Waals surface area contributed by atoms with E-state index in [0.717, 1.165) is 24.2 Å². The van der Waals surface area contributed by atoms with Gasteiger partial charge in [0.1, 0.15) is 5.75 Å². The number of aryl methyl sites for hydroxylation is 1. The Balaban J connectivity index is 2.63. The molecule has 2 atom stereocenters. The largest absolute Gasteiger partial charge is 0.481 e. The summed E-state index contributed by atoms with van der Waals surface area (Å²) in [5.41, 5.74) is 2.25. The van der Waals surface area contributed by atoms with E-state index in [-0.39, 0.29) is 5.91 Å². The first kappa shape index (κ1) is 17.5. The van der Waals surface area contributed by atoms with Crippen molar-refractivity contribution < 1.29 is 9.53 Å². The van der Waals surface area contributed by atoms with Crippen LogP contribution >= 0.6 is 0 Å². The van der Waals surface area contributed by atoms with Gasteiger partial charge in [-0.15, -0.1) is 0 Å². The van der Waals surface area contributed by atoms with E-state index in [2.05, 4.69) is 30.5 Å². The maximum absolute atomic E-state index is 11.9. The highest BCUT2D eigenvalue weighted by atomic mass is 16.5. The fraction of sp³-hybridized carbons (Fsp3) is 0.588. The SMILES string of the molecule is CCCCNC(=O)C(C)Oc1ccc(C(C)NC)cc1C. The molecule has 0 fully saturated rings. The Labute approximate surface area is 128 Å². The van der Waals surface area contributed by atoms with Gasteiger partial charge in [0.15, 0.2) is 6.10 Å². The Morgan fingerprint density at radius 1 is 1.33 bits per heavy atom. The van der Waals surface area contributed by atoms with Gasteiger partial charge in [0, 0.05) is 12.6 Å². The van der Waals surface area contributed by atoms with E-state index in [4.69, 9.17) is 4.74 Å². The van der Waals surface area contributed by atoms with Gasteiger partial charge in [-0.2, -0.15) is 0 Å². The average molecular weight is 292 g/mol. The second kappa shape index (κ2) is 8.67. The lowest BCUT2D eigenvalue weighted by molar-refractivity contribution is -0.127. The number of carbonyl (C=O) groups is 1. The van der Waals surface area contributed by atoms with Crippen LogP contribution in [0.2, 0.25) is 0 Å². The molecule has 0 aliphatic heterocycles. The fourth-order valence-electron chi connectivity index (χ4n) is 2.02. The number of rotatable bonds is 8. The van der Waals surface area contributed by atoms with Crippen molar-refractivity contribution in [3.63, 3.8) is 0 Å². The van der Waals surface area contributed by atoms with Crippen LogP contribution in [-0.4, -0.2) is 25.6 Å². The molecule has 0 aliphatic rings. The molecule has 21 heavy (non-hydrogen) atoms. The summed E-state index contributed by atoms with van der Waals surface area (Å²) in [5, 5.41) is 6.10. The Kier molecular flexibility index (Phi) is 7.23. The van der Waals surface area contributed by atoms with Gasteiger partial charge < -0.3 is 15.4 Å².